The van der Waals surface area contributed by atoms with Gasteiger partial charge in [0.2, 0.25) is 5.91 Å². The Hall–Kier alpha value is -1.92. The zero-order valence-electron chi connectivity index (χ0n) is 18.9. The van der Waals surface area contributed by atoms with Gasteiger partial charge in [0, 0.05) is 23.5 Å². The highest BCUT2D eigenvalue weighted by Crippen LogP contribution is 2.33. The SMILES string of the molecule is CC(C)Oc1cccc(CN2CCC([C@@H](NC(=O)C(C)(C)C)c3nccs3)CC2)c1. The molecule has 164 valence electrons. The molecule has 2 aromatic rings. The van der Waals surface area contributed by atoms with E-state index < -0.39 is 5.41 Å². The molecule has 30 heavy (non-hydrogen) atoms. The van der Waals surface area contributed by atoms with Crippen LogP contribution >= 0.6 is 11.3 Å². The number of benzene rings is 1. The summed E-state index contributed by atoms with van der Waals surface area (Å²) in [5, 5.41) is 6.30. The Morgan fingerprint density at radius 1 is 1.30 bits per heavy atom. The minimum absolute atomic E-state index is 0.00152. The number of carbonyl (C=O) groups excluding carboxylic acids is 1. The van der Waals surface area contributed by atoms with Crippen molar-refractivity contribution in [1.82, 2.24) is 15.2 Å². The molecule has 0 saturated carbocycles. The first-order valence-electron chi connectivity index (χ1n) is 10.9. The third kappa shape index (κ3) is 6.29. The molecule has 0 radical (unpaired) electrons. The molecule has 1 saturated heterocycles. The fraction of sp³-hybridized carbons (Fsp3) is 0.583. The van der Waals surface area contributed by atoms with E-state index in [-0.39, 0.29) is 18.1 Å². The fourth-order valence-electron chi connectivity index (χ4n) is 3.82. The predicted octanol–water partition coefficient (Wildman–Crippen LogP) is 5.05. The van der Waals surface area contributed by atoms with Gasteiger partial charge in [0.05, 0.1) is 12.1 Å². The Balaban J connectivity index is 1.60. The van der Waals surface area contributed by atoms with Gasteiger partial charge in [-0.25, -0.2) is 4.98 Å². The third-order valence-corrected chi connectivity index (χ3v) is 6.32. The lowest BCUT2D eigenvalue weighted by atomic mass is 9.87. The van der Waals surface area contributed by atoms with Gasteiger partial charge in [-0.3, -0.25) is 9.69 Å². The number of amides is 1. The quantitative estimate of drug-likeness (QED) is 0.669. The second-order valence-corrected chi connectivity index (χ2v) is 10.4. The minimum atomic E-state index is -0.403. The standard InChI is InChI=1S/C24H35N3O2S/c1-17(2)29-20-8-6-7-18(15-20)16-27-12-9-19(10-13-27)21(22-25-11-14-30-22)26-23(28)24(3,4)5/h6-8,11,14-15,17,19,21H,9-10,12-13,16H2,1-5H3,(H,26,28)/t21-/m1/s1. The number of hydrogen-bond donors (Lipinski definition) is 1. The maximum atomic E-state index is 12.7. The summed E-state index contributed by atoms with van der Waals surface area (Å²) in [6.07, 6.45) is 4.12. The maximum Gasteiger partial charge on any atom is 0.225 e. The number of rotatable bonds is 7. The van der Waals surface area contributed by atoms with E-state index in [1.165, 1.54) is 5.56 Å². The van der Waals surface area contributed by atoms with E-state index in [4.69, 9.17) is 4.74 Å². The molecular formula is C24H35N3O2S. The van der Waals surface area contributed by atoms with Crippen LogP contribution in [0, 0.1) is 11.3 Å². The first-order chi connectivity index (χ1) is 14.2. The molecule has 1 aromatic heterocycles. The van der Waals surface area contributed by atoms with Crippen LogP contribution in [0.25, 0.3) is 0 Å². The molecule has 0 spiro atoms. The van der Waals surface area contributed by atoms with Crippen LogP contribution in [0.5, 0.6) is 5.75 Å². The Morgan fingerprint density at radius 3 is 2.63 bits per heavy atom. The number of thiazole rings is 1. The fourth-order valence-corrected chi connectivity index (χ4v) is 4.60. The van der Waals surface area contributed by atoms with Gasteiger partial charge in [-0.1, -0.05) is 32.9 Å². The second kappa shape index (κ2) is 9.92. The van der Waals surface area contributed by atoms with Gasteiger partial charge < -0.3 is 10.1 Å². The normalized spacial score (nSPS) is 17.1. The second-order valence-electron chi connectivity index (χ2n) is 9.50. The van der Waals surface area contributed by atoms with E-state index in [0.29, 0.717) is 5.92 Å². The molecule has 1 N–H and O–H groups in total. The molecule has 1 aliphatic heterocycles. The van der Waals surface area contributed by atoms with Crippen LogP contribution in [0.4, 0.5) is 0 Å². The van der Waals surface area contributed by atoms with Crippen molar-refractivity contribution in [1.29, 1.82) is 0 Å². The lowest BCUT2D eigenvalue weighted by Crippen LogP contribution is -2.43. The van der Waals surface area contributed by atoms with Gasteiger partial charge in [0.1, 0.15) is 10.8 Å². The van der Waals surface area contributed by atoms with Crippen LogP contribution in [0.3, 0.4) is 0 Å². The molecule has 1 amide bonds. The number of ether oxygens (including phenoxy) is 1. The Kier molecular flexibility index (Phi) is 7.53. The first kappa shape index (κ1) is 22.8. The number of aromatic nitrogens is 1. The lowest BCUT2D eigenvalue weighted by molar-refractivity contribution is -0.129. The molecule has 2 heterocycles. The highest BCUT2D eigenvalue weighted by Gasteiger charge is 2.33. The Bertz CT molecular complexity index is 806. The Morgan fingerprint density at radius 2 is 2.03 bits per heavy atom. The highest BCUT2D eigenvalue weighted by molar-refractivity contribution is 7.09. The summed E-state index contributed by atoms with van der Waals surface area (Å²) >= 11 is 1.63. The zero-order chi connectivity index (χ0) is 21.7. The summed E-state index contributed by atoms with van der Waals surface area (Å²) in [5.74, 6) is 1.44. The van der Waals surface area contributed by atoms with Crippen molar-refractivity contribution in [3.8, 4) is 5.75 Å². The third-order valence-electron chi connectivity index (χ3n) is 5.47. The van der Waals surface area contributed by atoms with Crippen molar-refractivity contribution in [2.75, 3.05) is 13.1 Å². The molecule has 6 heteroatoms. The van der Waals surface area contributed by atoms with E-state index in [0.717, 1.165) is 43.2 Å². The van der Waals surface area contributed by atoms with Crippen molar-refractivity contribution in [3.05, 3.63) is 46.4 Å². The van der Waals surface area contributed by atoms with Crippen molar-refractivity contribution in [3.63, 3.8) is 0 Å². The molecule has 5 nitrogen and oxygen atoms in total. The number of likely N-dealkylation sites (tertiary alicyclic amines) is 1. The summed E-state index contributed by atoms with van der Waals surface area (Å²) < 4.78 is 5.83. The van der Waals surface area contributed by atoms with E-state index in [9.17, 15) is 4.79 Å². The van der Waals surface area contributed by atoms with E-state index >= 15 is 0 Å². The van der Waals surface area contributed by atoms with E-state index in [1.807, 2.05) is 38.4 Å². The van der Waals surface area contributed by atoms with Crippen molar-refractivity contribution in [2.45, 2.75) is 66.2 Å². The summed E-state index contributed by atoms with van der Waals surface area (Å²) in [6.45, 7) is 12.9. The molecular weight excluding hydrogens is 394 g/mol. The maximum absolute atomic E-state index is 12.7. The van der Waals surface area contributed by atoms with Gasteiger partial charge in [0.15, 0.2) is 0 Å². The van der Waals surface area contributed by atoms with Gasteiger partial charge in [-0.2, -0.15) is 0 Å². The van der Waals surface area contributed by atoms with Gasteiger partial charge in [-0.05, 0) is 63.4 Å². The number of carbonyl (C=O) groups is 1. The highest BCUT2D eigenvalue weighted by atomic mass is 32.1. The smallest absolute Gasteiger partial charge is 0.225 e. The molecule has 1 aliphatic rings. The molecule has 1 aromatic carbocycles. The molecule has 0 bridgehead atoms. The molecule has 0 aliphatic carbocycles. The van der Waals surface area contributed by atoms with Crippen molar-refractivity contribution < 1.29 is 9.53 Å². The van der Waals surface area contributed by atoms with Crippen LogP contribution in [0.1, 0.15) is 64.1 Å². The number of piperidine rings is 1. The van der Waals surface area contributed by atoms with Crippen LogP contribution in [-0.2, 0) is 11.3 Å². The zero-order valence-corrected chi connectivity index (χ0v) is 19.7. The average Bonchev–Trinajstić information content (AvgIpc) is 3.20. The van der Waals surface area contributed by atoms with Gasteiger partial charge in [0.25, 0.3) is 0 Å². The summed E-state index contributed by atoms with van der Waals surface area (Å²) in [7, 11) is 0. The topological polar surface area (TPSA) is 54.5 Å². The average molecular weight is 430 g/mol. The molecule has 1 atom stereocenters. The van der Waals surface area contributed by atoms with Crippen LogP contribution in [-0.4, -0.2) is 35.0 Å². The van der Waals surface area contributed by atoms with Crippen molar-refractivity contribution in [2.24, 2.45) is 11.3 Å². The van der Waals surface area contributed by atoms with Crippen molar-refractivity contribution >= 4 is 17.2 Å². The monoisotopic (exact) mass is 429 g/mol. The number of nitrogens with zero attached hydrogens (tertiary/aromatic N) is 2. The Labute approximate surface area is 184 Å². The molecule has 0 unspecified atom stereocenters. The summed E-state index contributed by atoms with van der Waals surface area (Å²) in [5.41, 5.74) is 0.878. The lowest BCUT2D eigenvalue weighted by Gasteiger charge is -2.36. The van der Waals surface area contributed by atoms with Crippen LogP contribution < -0.4 is 10.1 Å². The molecule has 3 rings (SSSR count). The number of hydrogen-bond acceptors (Lipinski definition) is 5. The number of nitrogens with one attached hydrogen (secondary N) is 1. The van der Waals surface area contributed by atoms with E-state index in [1.54, 1.807) is 11.3 Å². The summed E-state index contributed by atoms with van der Waals surface area (Å²) in [6, 6.07) is 8.41. The predicted molar refractivity (Wildman–Crippen MR) is 123 cm³/mol. The van der Waals surface area contributed by atoms with Gasteiger partial charge >= 0.3 is 0 Å². The molecule has 1 fully saturated rings. The van der Waals surface area contributed by atoms with E-state index in [2.05, 4.69) is 47.2 Å². The minimum Gasteiger partial charge on any atom is -0.491 e. The van der Waals surface area contributed by atoms with Crippen LogP contribution in [0.15, 0.2) is 35.8 Å². The van der Waals surface area contributed by atoms with Crippen LogP contribution in [0.2, 0.25) is 0 Å². The largest absolute Gasteiger partial charge is 0.491 e. The summed E-state index contributed by atoms with van der Waals surface area (Å²) in [4.78, 5) is 19.7. The first-order valence-corrected chi connectivity index (χ1v) is 11.8. The van der Waals surface area contributed by atoms with Gasteiger partial charge in [-0.15, -0.1) is 11.3 Å².